The van der Waals surface area contributed by atoms with Crippen molar-refractivity contribution in [1.82, 2.24) is 0 Å². The molecule has 0 aromatic heterocycles. The van der Waals surface area contributed by atoms with Gasteiger partial charge in [-0.15, -0.1) is 0 Å². The van der Waals surface area contributed by atoms with E-state index in [0.29, 0.717) is 0 Å². The molecule has 2 nitrogen and oxygen atoms in total. The molecule has 0 atom stereocenters. The van der Waals surface area contributed by atoms with Crippen molar-refractivity contribution < 1.29 is 10.2 Å². The summed E-state index contributed by atoms with van der Waals surface area (Å²) >= 11 is 0. The molecule has 90 valence electrons. The van der Waals surface area contributed by atoms with Gasteiger partial charge in [-0.3, -0.25) is 0 Å². The normalized spacial score (nSPS) is 12.9. The first-order valence-corrected chi connectivity index (χ1v) is 5.60. The van der Waals surface area contributed by atoms with Crippen LogP contribution in [0.4, 0.5) is 0 Å². The Hall–Kier alpha value is -1.18. The van der Waals surface area contributed by atoms with Gasteiger partial charge in [0.15, 0.2) is 0 Å². The Bertz CT molecular complexity index is 357. The summed E-state index contributed by atoms with van der Waals surface area (Å²) in [7, 11) is 0. The maximum Gasteiger partial charge on any atom is 0.123 e. The maximum atomic E-state index is 9.86. The van der Waals surface area contributed by atoms with Crippen molar-refractivity contribution in [1.29, 1.82) is 0 Å². The summed E-state index contributed by atoms with van der Waals surface area (Å²) in [6.07, 6.45) is 0. The first-order chi connectivity index (χ1) is 7.03. The highest BCUT2D eigenvalue weighted by Gasteiger charge is 2.25. The molecule has 0 unspecified atom stereocenters. The molecule has 0 amide bonds. The summed E-state index contributed by atoms with van der Waals surface area (Å²) in [5, 5.41) is 19.7. The van der Waals surface area contributed by atoms with Gasteiger partial charge in [0.05, 0.1) is 0 Å². The lowest BCUT2D eigenvalue weighted by atomic mass is 9.80. The number of rotatable bonds is 0. The van der Waals surface area contributed by atoms with E-state index in [1.165, 1.54) is 6.07 Å². The Labute approximate surface area is 97.9 Å². The van der Waals surface area contributed by atoms with E-state index < -0.39 is 0 Å². The second-order valence-corrected chi connectivity index (χ2v) is 6.39. The quantitative estimate of drug-likeness (QED) is 0.702. The van der Waals surface area contributed by atoms with E-state index in [0.717, 1.165) is 11.1 Å². The van der Waals surface area contributed by atoms with Crippen LogP contribution in [0.2, 0.25) is 0 Å². The molecule has 0 radical (unpaired) electrons. The van der Waals surface area contributed by atoms with E-state index in [4.69, 9.17) is 0 Å². The van der Waals surface area contributed by atoms with E-state index in [-0.39, 0.29) is 22.3 Å². The van der Waals surface area contributed by atoms with Crippen molar-refractivity contribution in [2.24, 2.45) is 0 Å². The Morgan fingerprint density at radius 2 is 1.00 bits per heavy atom. The molecule has 2 heteroatoms. The van der Waals surface area contributed by atoms with Gasteiger partial charge in [0, 0.05) is 6.07 Å². The SMILES string of the molecule is CC(C)(C)c1cc(C(C)(C)C)c(O)cc1O. The van der Waals surface area contributed by atoms with Gasteiger partial charge >= 0.3 is 0 Å². The van der Waals surface area contributed by atoms with E-state index in [1.54, 1.807) is 0 Å². The first kappa shape index (κ1) is 12.9. The van der Waals surface area contributed by atoms with Crippen molar-refractivity contribution in [3.05, 3.63) is 23.3 Å². The molecule has 0 spiro atoms. The van der Waals surface area contributed by atoms with Crippen LogP contribution in [-0.2, 0) is 10.8 Å². The van der Waals surface area contributed by atoms with Crippen molar-refractivity contribution in [3.8, 4) is 11.5 Å². The number of phenols is 2. The van der Waals surface area contributed by atoms with Gasteiger partial charge in [0.25, 0.3) is 0 Å². The molecule has 1 rings (SSSR count). The lowest BCUT2D eigenvalue weighted by molar-refractivity contribution is 0.418. The topological polar surface area (TPSA) is 40.5 Å². The molecule has 16 heavy (non-hydrogen) atoms. The lowest BCUT2D eigenvalue weighted by Gasteiger charge is -2.26. The van der Waals surface area contributed by atoms with Crippen LogP contribution < -0.4 is 0 Å². The minimum Gasteiger partial charge on any atom is -0.508 e. The van der Waals surface area contributed by atoms with Crippen molar-refractivity contribution >= 4 is 0 Å². The average Bonchev–Trinajstić information content (AvgIpc) is 1.97. The molecule has 0 aliphatic rings. The second kappa shape index (κ2) is 3.69. The summed E-state index contributed by atoms with van der Waals surface area (Å²) < 4.78 is 0. The molecule has 0 aliphatic heterocycles. The summed E-state index contributed by atoms with van der Waals surface area (Å²) in [5.41, 5.74) is 1.49. The number of hydrogen-bond acceptors (Lipinski definition) is 2. The third kappa shape index (κ3) is 2.49. The second-order valence-electron chi connectivity index (χ2n) is 6.39. The smallest absolute Gasteiger partial charge is 0.123 e. The zero-order valence-corrected chi connectivity index (χ0v) is 11.0. The van der Waals surface area contributed by atoms with Crippen LogP contribution in [0, 0.1) is 0 Å². The van der Waals surface area contributed by atoms with Crippen molar-refractivity contribution in [2.45, 2.75) is 52.4 Å². The fraction of sp³-hybridized carbons (Fsp3) is 0.571. The minimum atomic E-state index is -0.127. The number of benzene rings is 1. The predicted molar refractivity (Wildman–Crippen MR) is 67.2 cm³/mol. The summed E-state index contributed by atoms with van der Waals surface area (Å²) in [4.78, 5) is 0. The molecule has 2 N–H and O–H groups in total. The molecule has 1 aromatic rings. The highest BCUT2D eigenvalue weighted by atomic mass is 16.3. The lowest BCUT2D eigenvalue weighted by Crippen LogP contribution is -2.16. The van der Waals surface area contributed by atoms with Gasteiger partial charge < -0.3 is 10.2 Å². The van der Waals surface area contributed by atoms with E-state index in [2.05, 4.69) is 0 Å². The molecule has 0 fully saturated rings. The Morgan fingerprint density at radius 3 is 1.25 bits per heavy atom. The van der Waals surface area contributed by atoms with Crippen LogP contribution in [0.15, 0.2) is 12.1 Å². The van der Waals surface area contributed by atoms with E-state index in [9.17, 15) is 10.2 Å². The monoisotopic (exact) mass is 222 g/mol. The maximum absolute atomic E-state index is 9.86. The van der Waals surface area contributed by atoms with Gasteiger partial charge in [-0.05, 0) is 28.0 Å². The molecular weight excluding hydrogens is 200 g/mol. The molecule has 1 aromatic carbocycles. The predicted octanol–water partition coefficient (Wildman–Crippen LogP) is 3.69. The van der Waals surface area contributed by atoms with Gasteiger partial charge in [-0.1, -0.05) is 41.5 Å². The van der Waals surface area contributed by atoms with Crippen molar-refractivity contribution in [3.63, 3.8) is 0 Å². The number of aromatic hydroxyl groups is 2. The Balaban J connectivity index is 3.45. The van der Waals surface area contributed by atoms with Crippen LogP contribution in [-0.4, -0.2) is 10.2 Å². The fourth-order valence-electron chi connectivity index (χ4n) is 1.78. The van der Waals surface area contributed by atoms with Crippen LogP contribution >= 0.6 is 0 Å². The number of phenolic OH excluding ortho intramolecular Hbond substituents is 2. The van der Waals surface area contributed by atoms with E-state index in [1.807, 2.05) is 47.6 Å². The Kier molecular flexibility index (Phi) is 2.97. The van der Waals surface area contributed by atoms with Crippen LogP contribution in [0.25, 0.3) is 0 Å². The largest absolute Gasteiger partial charge is 0.508 e. The van der Waals surface area contributed by atoms with Gasteiger partial charge in [-0.25, -0.2) is 0 Å². The van der Waals surface area contributed by atoms with Crippen LogP contribution in [0.5, 0.6) is 11.5 Å². The minimum absolute atomic E-state index is 0.127. The average molecular weight is 222 g/mol. The van der Waals surface area contributed by atoms with Crippen molar-refractivity contribution in [2.75, 3.05) is 0 Å². The molecular formula is C14H22O2. The summed E-state index contributed by atoms with van der Waals surface area (Å²) in [5.74, 6) is 0.330. The summed E-state index contributed by atoms with van der Waals surface area (Å²) in [6.45, 7) is 12.3. The zero-order chi connectivity index (χ0) is 12.7. The molecule has 0 heterocycles. The summed E-state index contributed by atoms with van der Waals surface area (Å²) in [6, 6.07) is 3.35. The molecule has 0 saturated heterocycles. The molecule has 0 aliphatic carbocycles. The standard InChI is InChI=1S/C14H22O2/c1-13(2,3)9-7-10(14(4,5)6)12(16)8-11(9)15/h7-8,15-16H,1-6H3. The van der Waals surface area contributed by atoms with Crippen LogP contribution in [0.3, 0.4) is 0 Å². The van der Waals surface area contributed by atoms with Gasteiger partial charge in [0.1, 0.15) is 11.5 Å². The molecule has 0 bridgehead atoms. The zero-order valence-electron chi connectivity index (χ0n) is 11.0. The van der Waals surface area contributed by atoms with E-state index >= 15 is 0 Å². The highest BCUT2D eigenvalue weighted by Crippen LogP contribution is 2.39. The van der Waals surface area contributed by atoms with Crippen LogP contribution in [0.1, 0.15) is 52.7 Å². The fourth-order valence-corrected chi connectivity index (χ4v) is 1.78. The third-order valence-electron chi connectivity index (χ3n) is 2.73. The van der Waals surface area contributed by atoms with Gasteiger partial charge in [0.2, 0.25) is 0 Å². The Morgan fingerprint density at radius 1 is 0.688 bits per heavy atom. The highest BCUT2D eigenvalue weighted by molar-refractivity contribution is 5.50. The van der Waals surface area contributed by atoms with Gasteiger partial charge in [-0.2, -0.15) is 0 Å². The first-order valence-electron chi connectivity index (χ1n) is 5.60. The number of hydrogen-bond donors (Lipinski definition) is 2. The third-order valence-corrected chi connectivity index (χ3v) is 2.73. The molecule has 0 saturated carbocycles.